The van der Waals surface area contributed by atoms with Gasteiger partial charge in [0.25, 0.3) is 0 Å². The maximum absolute atomic E-state index is 9.84. The van der Waals surface area contributed by atoms with Crippen LogP contribution in [0.5, 0.6) is 0 Å². The Morgan fingerprint density at radius 1 is 1.33 bits per heavy atom. The van der Waals surface area contributed by atoms with E-state index >= 15 is 0 Å². The third-order valence-corrected chi connectivity index (χ3v) is 3.32. The van der Waals surface area contributed by atoms with Crippen LogP contribution < -0.4 is 5.32 Å². The number of nitrogens with zero attached hydrogens (tertiary/aromatic N) is 1. The summed E-state index contributed by atoms with van der Waals surface area (Å²) in [6.07, 6.45) is 5.16. The van der Waals surface area contributed by atoms with Crippen LogP contribution in [0.4, 0.5) is 0 Å². The van der Waals surface area contributed by atoms with E-state index in [0.717, 1.165) is 32.2 Å². The molecule has 1 fully saturated rings. The highest BCUT2D eigenvalue weighted by atomic mass is 16.3. The fourth-order valence-corrected chi connectivity index (χ4v) is 2.45. The van der Waals surface area contributed by atoms with Crippen molar-refractivity contribution < 1.29 is 5.11 Å². The normalized spacial score (nSPS) is 20.0. The van der Waals surface area contributed by atoms with Crippen LogP contribution in [0, 0.1) is 0 Å². The van der Waals surface area contributed by atoms with E-state index in [4.69, 9.17) is 0 Å². The van der Waals surface area contributed by atoms with E-state index in [-0.39, 0.29) is 6.10 Å². The van der Waals surface area contributed by atoms with Crippen molar-refractivity contribution >= 4 is 0 Å². The zero-order valence-corrected chi connectivity index (χ0v) is 10.2. The summed E-state index contributed by atoms with van der Waals surface area (Å²) in [5.74, 6) is 0. The van der Waals surface area contributed by atoms with Crippen LogP contribution in [0.1, 0.15) is 39.5 Å². The maximum Gasteiger partial charge on any atom is 0.0791 e. The Bertz CT molecular complexity index is 158. The molecule has 0 radical (unpaired) electrons. The molecule has 1 atom stereocenters. The lowest BCUT2D eigenvalue weighted by atomic mass is 10.2. The largest absolute Gasteiger partial charge is 0.390 e. The summed E-state index contributed by atoms with van der Waals surface area (Å²) >= 11 is 0. The molecule has 90 valence electrons. The molecule has 0 bridgehead atoms. The lowest BCUT2D eigenvalue weighted by molar-refractivity contribution is 0.0910. The minimum atomic E-state index is -0.217. The van der Waals surface area contributed by atoms with Crippen molar-refractivity contribution in [2.45, 2.75) is 51.7 Å². The molecule has 0 spiro atoms. The molecule has 15 heavy (non-hydrogen) atoms. The zero-order valence-electron chi connectivity index (χ0n) is 10.2. The Labute approximate surface area is 93.9 Å². The van der Waals surface area contributed by atoms with Crippen LogP contribution in [-0.2, 0) is 0 Å². The first-order valence-corrected chi connectivity index (χ1v) is 6.40. The van der Waals surface area contributed by atoms with Crippen LogP contribution >= 0.6 is 0 Å². The van der Waals surface area contributed by atoms with E-state index in [1.165, 1.54) is 25.7 Å². The summed E-state index contributed by atoms with van der Waals surface area (Å²) in [4.78, 5) is 2.44. The van der Waals surface area contributed by atoms with Crippen molar-refractivity contribution in [1.29, 1.82) is 0 Å². The van der Waals surface area contributed by atoms with Crippen molar-refractivity contribution in [2.75, 3.05) is 26.2 Å². The van der Waals surface area contributed by atoms with Gasteiger partial charge in [0, 0.05) is 19.1 Å². The Morgan fingerprint density at radius 3 is 2.53 bits per heavy atom. The van der Waals surface area contributed by atoms with Gasteiger partial charge in [-0.05, 0) is 25.9 Å². The average molecular weight is 214 g/mol. The van der Waals surface area contributed by atoms with Crippen molar-refractivity contribution in [3.05, 3.63) is 0 Å². The van der Waals surface area contributed by atoms with Gasteiger partial charge in [-0.25, -0.2) is 0 Å². The van der Waals surface area contributed by atoms with Crippen LogP contribution in [0.25, 0.3) is 0 Å². The third kappa shape index (κ3) is 4.49. The molecule has 1 aliphatic carbocycles. The molecule has 1 saturated carbocycles. The Kier molecular flexibility index (Phi) is 6.22. The number of rotatable bonds is 7. The lowest BCUT2D eigenvalue weighted by Crippen LogP contribution is -2.42. The molecule has 0 aromatic heterocycles. The molecule has 3 heteroatoms. The second-order valence-electron chi connectivity index (χ2n) is 4.49. The molecule has 0 aliphatic heterocycles. The number of aliphatic hydroxyl groups excluding tert-OH is 1. The smallest absolute Gasteiger partial charge is 0.0791 e. The van der Waals surface area contributed by atoms with Gasteiger partial charge < -0.3 is 10.4 Å². The SMILES string of the molecule is CCNCC(O)CN(CC)C1CCCC1. The highest BCUT2D eigenvalue weighted by Gasteiger charge is 2.22. The Morgan fingerprint density at radius 2 is 2.00 bits per heavy atom. The van der Waals surface area contributed by atoms with Gasteiger partial charge in [-0.1, -0.05) is 26.7 Å². The monoisotopic (exact) mass is 214 g/mol. The summed E-state index contributed by atoms with van der Waals surface area (Å²) in [6.45, 7) is 7.81. The van der Waals surface area contributed by atoms with Gasteiger partial charge in [0.1, 0.15) is 0 Å². The molecule has 0 saturated heterocycles. The predicted octanol–water partition coefficient (Wildman–Crippen LogP) is 1.22. The van der Waals surface area contributed by atoms with Crippen molar-refractivity contribution in [3.8, 4) is 0 Å². The van der Waals surface area contributed by atoms with Gasteiger partial charge in [-0.2, -0.15) is 0 Å². The van der Waals surface area contributed by atoms with Crippen molar-refractivity contribution in [3.63, 3.8) is 0 Å². The number of likely N-dealkylation sites (N-methyl/N-ethyl adjacent to an activating group) is 2. The van der Waals surface area contributed by atoms with E-state index in [1.807, 2.05) is 0 Å². The zero-order chi connectivity index (χ0) is 11.1. The minimum absolute atomic E-state index is 0.217. The number of hydrogen-bond acceptors (Lipinski definition) is 3. The van der Waals surface area contributed by atoms with Gasteiger partial charge in [-0.3, -0.25) is 4.90 Å². The van der Waals surface area contributed by atoms with Gasteiger partial charge in [0.15, 0.2) is 0 Å². The molecule has 2 N–H and O–H groups in total. The van der Waals surface area contributed by atoms with Crippen LogP contribution in [0.15, 0.2) is 0 Å². The van der Waals surface area contributed by atoms with Crippen LogP contribution in [0.3, 0.4) is 0 Å². The van der Waals surface area contributed by atoms with E-state index in [0.29, 0.717) is 0 Å². The molecule has 0 amide bonds. The number of nitrogens with one attached hydrogen (secondary N) is 1. The highest BCUT2D eigenvalue weighted by molar-refractivity contribution is 4.78. The topological polar surface area (TPSA) is 35.5 Å². The summed E-state index contributed by atoms with van der Waals surface area (Å²) in [6, 6.07) is 0.728. The van der Waals surface area contributed by atoms with E-state index in [1.54, 1.807) is 0 Å². The standard InChI is InChI=1S/C12H26N2O/c1-3-13-9-12(15)10-14(4-2)11-7-5-6-8-11/h11-13,15H,3-10H2,1-2H3. The summed E-state index contributed by atoms with van der Waals surface area (Å²) in [5, 5.41) is 13.0. The number of aliphatic hydroxyl groups is 1. The Hall–Kier alpha value is -0.120. The molecular formula is C12H26N2O. The van der Waals surface area contributed by atoms with Crippen LogP contribution in [-0.4, -0.2) is 48.3 Å². The second-order valence-corrected chi connectivity index (χ2v) is 4.49. The average Bonchev–Trinajstić information content (AvgIpc) is 2.76. The summed E-state index contributed by atoms with van der Waals surface area (Å²) < 4.78 is 0. The molecule has 0 aromatic rings. The first-order valence-electron chi connectivity index (χ1n) is 6.40. The molecule has 0 aromatic carbocycles. The molecule has 1 rings (SSSR count). The predicted molar refractivity (Wildman–Crippen MR) is 64.1 cm³/mol. The maximum atomic E-state index is 9.84. The Balaban J connectivity index is 2.25. The fraction of sp³-hybridized carbons (Fsp3) is 1.00. The molecule has 0 heterocycles. The van der Waals surface area contributed by atoms with Crippen molar-refractivity contribution in [1.82, 2.24) is 10.2 Å². The van der Waals surface area contributed by atoms with Crippen molar-refractivity contribution in [2.24, 2.45) is 0 Å². The number of hydrogen-bond donors (Lipinski definition) is 2. The second kappa shape index (κ2) is 7.20. The highest BCUT2D eigenvalue weighted by Crippen LogP contribution is 2.23. The molecule has 1 aliphatic rings. The van der Waals surface area contributed by atoms with Gasteiger partial charge in [0.05, 0.1) is 6.10 Å². The lowest BCUT2D eigenvalue weighted by Gasteiger charge is -2.29. The molecule has 3 nitrogen and oxygen atoms in total. The summed E-state index contributed by atoms with van der Waals surface area (Å²) in [5.41, 5.74) is 0. The molecule has 1 unspecified atom stereocenters. The van der Waals surface area contributed by atoms with E-state index in [9.17, 15) is 5.11 Å². The van der Waals surface area contributed by atoms with E-state index in [2.05, 4.69) is 24.1 Å². The van der Waals surface area contributed by atoms with Crippen LogP contribution in [0.2, 0.25) is 0 Å². The van der Waals surface area contributed by atoms with Gasteiger partial charge in [-0.15, -0.1) is 0 Å². The first kappa shape index (κ1) is 12.9. The third-order valence-electron chi connectivity index (χ3n) is 3.32. The molecular weight excluding hydrogens is 188 g/mol. The van der Waals surface area contributed by atoms with E-state index < -0.39 is 0 Å². The quantitative estimate of drug-likeness (QED) is 0.669. The summed E-state index contributed by atoms with van der Waals surface area (Å²) in [7, 11) is 0. The van der Waals surface area contributed by atoms with Gasteiger partial charge >= 0.3 is 0 Å². The fourth-order valence-electron chi connectivity index (χ4n) is 2.45. The first-order chi connectivity index (χ1) is 7.27. The van der Waals surface area contributed by atoms with Gasteiger partial charge in [0.2, 0.25) is 0 Å². The minimum Gasteiger partial charge on any atom is -0.390 e.